The fraction of sp³-hybridized carbons (Fsp3) is 0.346. The van der Waals surface area contributed by atoms with Gasteiger partial charge in [-0.15, -0.1) is 0 Å². The van der Waals surface area contributed by atoms with Crippen LogP contribution in [0, 0.1) is 0 Å². The summed E-state index contributed by atoms with van der Waals surface area (Å²) in [6.07, 6.45) is 2.44. The molecule has 0 radical (unpaired) electrons. The molecule has 2 aromatic heterocycles. The second kappa shape index (κ2) is 19.4. The molecule has 0 bridgehead atoms. The van der Waals surface area contributed by atoms with Gasteiger partial charge in [0.1, 0.15) is 22.6 Å². The summed E-state index contributed by atoms with van der Waals surface area (Å²) in [6.45, 7) is -9.11. The lowest BCUT2D eigenvalue weighted by Crippen LogP contribution is -2.25. The van der Waals surface area contributed by atoms with E-state index in [1.807, 2.05) is 0 Å². The van der Waals surface area contributed by atoms with Crippen LogP contribution in [0.1, 0.15) is 164 Å². The first kappa shape index (κ1) is 30.2. The van der Waals surface area contributed by atoms with Crippen LogP contribution in [-0.2, 0) is 31.2 Å². The fourth-order valence-electron chi connectivity index (χ4n) is 6.47. The van der Waals surface area contributed by atoms with E-state index in [-0.39, 0.29) is 33.5 Å². The largest absolute Gasteiger partial charge is 0.477 e. The van der Waals surface area contributed by atoms with Crippen LogP contribution in [0.15, 0.2) is 94.8 Å². The number of hydrogen-bond acceptors (Lipinski definition) is 9. The maximum atomic E-state index is 13.3. The third-order valence-corrected chi connectivity index (χ3v) is 9.50. The van der Waals surface area contributed by atoms with Crippen LogP contribution in [0.4, 0.5) is 11.4 Å². The van der Waals surface area contributed by atoms with Crippen molar-refractivity contribution >= 4 is 57.0 Å². The van der Waals surface area contributed by atoms with E-state index in [1.54, 1.807) is 84.0 Å². The molecular formula is C52H62N4O9. The summed E-state index contributed by atoms with van der Waals surface area (Å²) >= 11 is 0. The van der Waals surface area contributed by atoms with E-state index < -0.39 is 120 Å². The van der Waals surface area contributed by atoms with Crippen molar-refractivity contribution in [3.63, 3.8) is 0 Å². The van der Waals surface area contributed by atoms with Gasteiger partial charge in [0, 0.05) is 107 Å². The molecule has 0 saturated carbocycles. The number of carbonyl (C=O) groups is 4. The van der Waals surface area contributed by atoms with Crippen LogP contribution in [0.3, 0.4) is 0 Å². The van der Waals surface area contributed by atoms with Gasteiger partial charge in [-0.25, -0.2) is 4.79 Å². The molecule has 0 aliphatic heterocycles. The molecule has 65 heavy (non-hydrogen) atoms. The number of rotatable bonds is 5. The van der Waals surface area contributed by atoms with Gasteiger partial charge in [0.25, 0.3) is 5.91 Å². The highest BCUT2D eigenvalue weighted by Crippen LogP contribution is 2.41. The number of carbonyl (C=O) groups excluding carboxylic acids is 3. The number of hydrogen-bond donors (Lipinski definition) is 5. The highest BCUT2D eigenvalue weighted by Gasteiger charge is 2.29. The average molecular weight is 905 g/mol. The Morgan fingerprint density at radius 1 is 0.600 bits per heavy atom. The molecule has 0 unspecified atom stereocenters. The van der Waals surface area contributed by atoms with Gasteiger partial charge in [-0.3, -0.25) is 24.0 Å². The van der Waals surface area contributed by atoms with E-state index in [9.17, 15) is 28.8 Å². The molecule has 1 amide bonds. The van der Waals surface area contributed by atoms with Crippen LogP contribution in [0.5, 0.6) is 11.5 Å². The molecule has 0 aliphatic rings. The lowest BCUT2D eigenvalue weighted by atomic mass is 9.79. The Morgan fingerprint density at radius 3 is 1.45 bits per heavy atom. The number of H-pyrrole nitrogens is 2. The van der Waals surface area contributed by atoms with Crippen molar-refractivity contribution in [3.05, 3.63) is 139 Å². The number of benzene rings is 4. The summed E-state index contributed by atoms with van der Waals surface area (Å²) < 4.78 is 154. The minimum atomic E-state index is -3.63. The molecule has 2 heterocycles. The van der Waals surface area contributed by atoms with Crippen molar-refractivity contribution < 1.29 is 58.4 Å². The summed E-state index contributed by atoms with van der Waals surface area (Å²) in [7, 11) is 0. The number of amides is 1. The SMILES string of the molecule is O=C(O)c1c[nH]c2ccccc2c1=O.[2H]C([2H])([2H])C(c1cc(C(C)(C)C)c(N)cc1OC(C)=O)(C([2H])([2H])[2H])C([2H])([2H])[2H].[2H]C([2H])([2H])C(c1cc(C(C)(C)C)c(NC(=O)c2c[nH]c3ccccc3c2=O)cc1OC(C)=O)(C([2H])([2H])[2H])C([2H])([2H])[2H]. The van der Waals surface area contributed by atoms with E-state index >= 15 is 0 Å². The Balaban J connectivity index is 0.000000301. The number of nitrogens with two attached hydrogens (primary N) is 1. The van der Waals surface area contributed by atoms with Crippen LogP contribution in [-0.4, -0.2) is 38.9 Å². The van der Waals surface area contributed by atoms with Gasteiger partial charge >= 0.3 is 17.9 Å². The van der Waals surface area contributed by atoms with Crippen LogP contribution in [0.25, 0.3) is 21.8 Å². The number of ether oxygens (including phenoxy) is 2. The Hall–Kier alpha value is -7.02. The van der Waals surface area contributed by atoms with Gasteiger partial charge in [0.15, 0.2) is 0 Å². The molecule has 13 heteroatoms. The van der Waals surface area contributed by atoms with Crippen molar-refractivity contribution in [1.29, 1.82) is 0 Å². The van der Waals surface area contributed by atoms with E-state index in [0.29, 0.717) is 22.0 Å². The zero-order valence-corrected chi connectivity index (χ0v) is 36.9. The third kappa shape index (κ3) is 12.6. The zero-order valence-electron chi connectivity index (χ0n) is 54.9. The molecule has 4 aromatic carbocycles. The number of esters is 2. The minimum absolute atomic E-state index is 0.0504. The van der Waals surface area contributed by atoms with Crippen LogP contribution >= 0.6 is 0 Å². The number of carboxylic acids is 1. The van der Waals surface area contributed by atoms with E-state index in [0.717, 1.165) is 38.1 Å². The molecule has 0 aliphatic carbocycles. The molecular weight excluding hydrogens is 825 g/mol. The number of carboxylic acid groups (broad SMARTS) is 1. The Kier molecular flexibility index (Phi) is 9.00. The summed E-state index contributed by atoms with van der Waals surface area (Å²) in [5.41, 5.74) is -3.61. The number of aromatic carboxylic acids is 1. The topological polar surface area (TPSA) is 211 Å². The summed E-state index contributed by atoms with van der Waals surface area (Å²) in [5.74, 6) is -5.11. The van der Waals surface area contributed by atoms with Gasteiger partial charge in [-0.1, -0.05) is 107 Å². The van der Waals surface area contributed by atoms with Gasteiger partial charge in [0.05, 0.1) is 0 Å². The molecule has 13 nitrogen and oxygen atoms in total. The first-order chi connectivity index (χ1) is 37.4. The standard InChI is InChI=1S/C26H30N2O4.C16H25NO2.C10H7NO3/c1-15(29)32-22-13-21(18(25(2,3)4)12-19(22)26(5,6)7)28-24(31)17-14-27-20-11-9-8-10-16(20)23(17)30;1-10(18)19-14-9-13(17)11(15(2,3)4)8-12(14)16(5,6)7;12-9-6-3-1-2-4-8(6)11-5-7(9)10(13)14/h8-14H,1-7H3,(H,27,30)(H,28,31);8-9H,17H2,1-7H3;1-5H,(H,11,12)(H,13,14)/i2*5D3,6D3,7D3;. The lowest BCUT2D eigenvalue weighted by molar-refractivity contribution is -0.132. The van der Waals surface area contributed by atoms with Crippen LogP contribution < -0.4 is 31.4 Å². The van der Waals surface area contributed by atoms with E-state index in [2.05, 4.69) is 15.3 Å². The summed E-state index contributed by atoms with van der Waals surface area (Å²) in [6, 6.07) is 17.6. The predicted octanol–water partition coefficient (Wildman–Crippen LogP) is 10.3. The molecule has 6 rings (SSSR count). The van der Waals surface area contributed by atoms with E-state index in [4.69, 9.17) is 45.0 Å². The second-order valence-electron chi connectivity index (χ2n) is 16.9. The number of para-hydroxylation sites is 2. The normalized spacial score (nSPS) is 17.0. The van der Waals surface area contributed by atoms with Crippen molar-refractivity contribution in [2.75, 3.05) is 11.1 Å². The van der Waals surface area contributed by atoms with Gasteiger partial charge in [-0.2, -0.15) is 0 Å². The third-order valence-electron chi connectivity index (χ3n) is 9.50. The lowest BCUT2D eigenvalue weighted by Gasteiger charge is -2.29. The van der Waals surface area contributed by atoms with E-state index in [1.165, 1.54) is 18.5 Å². The molecule has 6 N–H and O–H groups in total. The van der Waals surface area contributed by atoms with Crippen molar-refractivity contribution in [2.24, 2.45) is 0 Å². The highest BCUT2D eigenvalue weighted by atomic mass is 16.5. The first-order valence-corrected chi connectivity index (χ1v) is 19.7. The van der Waals surface area contributed by atoms with Gasteiger partial charge in [-0.05, 0) is 69.2 Å². The molecule has 344 valence electrons. The molecule has 0 fully saturated rings. The predicted molar refractivity (Wildman–Crippen MR) is 259 cm³/mol. The number of nitrogen functional groups attached to an aromatic ring is 1. The first-order valence-electron chi connectivity index (χ1n) is 28.7. The van der Waals surface area contributed by atoms with Crippen molar-refractivity contribution in [1.82, 2.24) is 9.97 Å². The molecule has 0 spiro atoms. The molecule has 0 atom stereocenters. The quantitative estimate of drug-likeness (QED) is 0.0628. The summed E-state index contributed by atoms with van der Waals surface area (Å²) in [4.78, 5) is 77.8. The fourth-order valence-corrected chi connectivity index (χ4v) is 6.47. The average Bonchev–Trinajstić information content (AvgIpc) is 0.789. The van der Waals surface area contributed by atoms with Crippen LogP contribution in [0.2, 0.25) is 0 Å². The second-order valence-corrected chi connectivity index (χ2v) is 16.9. The Morgan fingerprint density at radius 2 is 1.02 bits per heavy atom. The smallest absolute Gasteiger partial charge is 0.341 e. The highest BCUT2D eigenvalue weighted by molar-refractivity contribution is 6.06. The molecule has 6 aromatic rings. The summed E-state index contributed by atoms with van der Waals surface area (Å²) in [5, 5.41) is 11.9. The Labute approximate surface area is 405 Å². The number of pyridine rings is 2. The maximum Gasteiger partial charge on any atom is 0.341 e. The molecule has 0 saturated heterocycles. The number of fused-ring (bicyclic) bond motifs is 2. The Bertz CT molecular complexity index is 3510. The van der Waals surface area contributed by atoms with Gasteiger partial charge in [0.2, 0.25) is 10.9 Å². The monoisotopic (exact) mass is 905 g/mol. The number of nitrogens with one attached hydrogen (secondary N) is 3. The number of anilines is 2. The zero-order chi connectivity index (χ0) is 64.0. The minimum Gasteiger partial charge on any atom is -0.477 e. The van der Waals surface area contributed by atoms with Gasteiger partial charge < -0.3 is 35.6 Å². The number of aromatic nitrogens is 2. The number of aromatic amines is 2. The van der Waals surface area contributed by atoms with Crippen molar-refractivity contribution in [3.8, 4) is 11.5 Å². The van der Waals surface area contributed by atoms with Crippen molar-refractivity contribution in [2.45, 2.75) is 118 Å². The maximum absolute atomic E-state index is 13.3.